The summed E-state index contributed by atoms with van der Waals surface area (Å²) >= 11 is 0. The molecule has 0 fully saturated rings. The summed E-state index contributed by atoms with van der Waals surface area (Å²) in [6.07, 6.45) is 3.58. The first-order valence-corrected chi connectivity index (χ1v) is 7.59. The fraction of sp³-hybridized carbons (Fsp3) is 0.727. The summed E-state index contributed by atoms with van der Waals surface area (Å²) in [7, 11) is -3.70. The van der Waals surface area contributed by atoms with E-state index in [1.807, 2.05) is 4.57 Å². The van der Waals surface area contributed by atoms with E-state index in [0.717, 1.165) is 43.7 Å². The Balaban J connectivity index is 2.54. The highest BCUT2D eigenvalue weighted by molar-refractivity contribution is 7.89. The lowest BCUT2D eigenvalue weighted by Gasteiger charge is -2.22. The van der Waals surface area contributed by atoms with Gasteiger partial charge in [0.15, 0.2) is 5.03 Å². The molecule has 0 bridgehead atoms. The SMILES string of the molecule is CCCc1nc(S(N)(=O)=O)c2n1CCC(C)C2. The van der Waals surface area contributed by atoms with E-state index in [0.29, 0.717) is 5.92 Å². The van der Waals surface area contributed by atoms with Gasteiger partial charge in [-0.25, -0.2) is 18.5 Å². The van der Waals surface area contributed by atoms with Crippen molar-refractivity contribution in [2.75, 3.05) is 0 Å². The van der Waals surface area contributed by atoms with Crippen molar-refractivity contribution in [3.63, 3.8) is 0 Å². The second kappa shape index (κ2) is 4.42. The number of sulfonamides is 1. The van der Waals surface area contributed by atoms with E-state index in [2.05, 4.69) is 18.8 Å². The van der Waals surface area contributed by atoms with Crippen molar-refractivity contribution < 1.29 is 8.42 Å². The number of hydrogen-bond acceptors (Lipinski definition) is 3. The number of rotatable bonds is 3. The average molecular weight is 257 g/mol. The van der Waals surface area contributed by atoms with Crippen molar-refractivity contribution in [2.24, 2.45) is 11.1 Å². The van der Waals surface area contributed by atoms with Gasteiger partial charge in [0.2, 0.25) is 0 Å². The summed E-state index contributed by atoms with van der Waals surface area (Å²) in [5.41, 5.74) is 0.801. The summed E-state index contributed by atoms with van der Waals surface area (Å²) in [6, 6.07) is 0. The Bertz CT molecular complexity index is 519. The van der Waals surface area contributed by atoms with Crippen molar-refractivity contribution in [2.45, 2.75) is 51.1 Å². The van der Waals surface area contributed by atoms with Crippen LogP contribution in [-0.4, -0.2) is 18.0 Å². The van der Waals surface area contributed by atoms with E-state index in [1.54, 1.807) is 0 Å². The number of nitrogens with two attached hydrogens (primary N) is 1. The van der Waals surface area contributed by atoms with Crippen LogP contribution in [0.4, 0.5) is 0 Å². The Morgan fingerprint density at radius 2 is 2.24 bits per heavy atom. The van der Waals surface area contributed by atoms with Gasteiger partial charge in [0.25, 0.3) is 10.0 Å². The fourth-order valence-electron chi connectivity index (χ4n) is 2.40. The zero-order valence-electron chi connectivity index (χ0n) is 10.3. The maximum Gasteiger partial charge on any atom is 0.257 e. The minimum absolute atomic E-state index is 0.0903. The lowest BCUT2D eigenvalue weighted by Crippen LogP contribution is -2.21. The molecule has 1 aromatic rings. The van der Waals surface area contributed by atoms with E-state index >= 15 is 0 Å². The Hall–Kier alpha value is -0.880. The quantitative estimate of drug-likeness (QED) is 0.879. The number of aromatic nitrogens is 2. The molecule has 2 rings (SSSR count). The summed E-state index contributed by atoms with van der Waals surface area (Å²) in [5, 5.41) is 5.32. The first-order valence-electron chi connectivity index (χ1n) is 6.04. The molecule has 1 aliphatic rings. The number of fused-ring (bicyclic) bond motifs is 1. The van der Waals surface area contributed by atoms with Crippen LogP contribution >= 0.6 is 0 Å². The monoisotopic (exact) mass is 257 g/mol. The highest BCUT2D eigenvalue weighted by Gasteiger charge is 2.27. The van der Waals surface area contributed by atoms with E-state index < -0.39 is 10.0 Å². The van der Waals surface area contributed by atoms with Gasteiger partial charge in [0, 0.05) is 13.0 Å². The van der Waals surface area contributed by atoms with Crippen molar-refractivity contribution >= 4 is 10.0 Å². The molecule has 0 aliphatic carbocycles. The summed E-state index contributed by atoms with van der Waals surface area (Å²) in [5.74, 6) is 1.35. The van der Waals surface area contributed by atoms with Gasteiger partial charge in [-0.05, 0) is 25.2 Å². The molecule has 1 aromatic heterocycles. The molecule has 5 nitrogen and oxygen atoms in total. The zero-order chi connectivity index (χ0) is 12.6. The molecule has 1 unspecified atom stereocenters. The molecule has 1 atom stereocenters. The number of aryl methyl sites for hydroxylation is 1. The molecule has 0 saturated carbocycles. The summed E-state index contributed by atoms with van der Waals surface area (Å²) in [6.45, 7) is 5.04. The molecular weight excluding hydrogens is 238 g/mol. The van der Waals surface area contributed by atoms with E-state index in [1.165, 1.54) is 0 Å². The van der Waals surface area contributed by atoms with Crippen LogP contribution in [0, 0.1) is 5.92 Å². The molecule has 96 valence electrons. The van der Waals surface area contributed by atoms with Crippen LogP contribution < -0.4 is 5.14 Å². The first-order chi connectivity index (χ1) is 7.93. The lowest BCUT2D eigenvalue weighted by molar-refractivity contribution is 0.404. The third kappa shape index (κ3) is 2.37. The van der Waals surface area contributed by atoms with Crippen molar-refractivity contribution in [3.05, 3.63) is 11.5 Å². The molecule has 0 amide bonds. The number of imidazole rings is 1. The second-order valence-electron chi connectivity index (χ2n) is 4.82. The molecule has 2 N–H and O–H groups in total. The topological polar surface area (TPSA) is 78.0 Å². The molecule has 17 heavy (non-hydrogen) atoms. The molecule has 1 aliphatic heterocycles. The van der Waals surface area contributed by atoms with E-state index in [-0.39, 0.29) is 5.03 Å². The highest BCUT2D eigenvalue weighted by atomic mass is 32.2. The molecule has 0 aromatic carbocycles. The van der Waals surface area contributed by atoms with E-state index in [9.17, 15) is 8.42 Å². The van der Waals surface area contributed by atoms with Gasteiger partial charge in [-0.15, -0.1) is 0 Å². The van der Waals surface area contributed by atoms with Crippen LogP contribution in [0.3, 0.4) is 0 Å². The van der Waals surface area contributed by atoms with Gasteiger partial charge in [-0.1, -0.05) is 13.8 Å². The second-order valence-corrected chi connectivity index (χ2v) is 6.30. The maximum absolute atomic E-state index is 11.5. The van der Waals surface area contributed by atoms with Crippen LogP contribution in [0.15, 0.2) is 5.03 Å². The number of hydrogen-bond donors (Lipinski definition) is 1. The van der Waals surface area contributed by atoms with Crippen LogP contribution in [0.25, 0.3) is 0 Å². The maximum atomic E-state index is 11.5. The molecule has 2 heterocycles. The predicted molar refractivity (Wildman–Crippen MR) is 65.1 cm³/mol. The average Bonchev–Trinajstić information content (AvgIpc) is 2.56. The van der Waals surface area contributed by atoms with Crippen LogP contribution in [0.2, 0.25) is 0 Å². The fourth-order valence-corrected chi connectivity index (χ4v) is 3.15. The minimum Gasteiger partial charge on any atom is -0.331 e. The zero-order valence-corrected chi connectivity index (χ0v) is 11.1. The third-order valence-corrected chi connectivity index (χ3v) is 4.11. The van der Waals surface area contributed by atoms with Crippen molar-refractivity contribution in [3.8, 4) is 0 Å². The number of primary sulfonamides is 1. The van der Waals surface area contributed by atoms with Gasteiger partial charge >= 0.3 is 0 Å². The van der Waals surface area contributed by atoms with Gasteiger partial charge in [0.1, 0.15) is 5.82 Å². The van der Waals surface area contributed by atoms with Crippen molar-refractivity contribution in [1.29, 1.82) is 0 Å². The Kier molecular flexibility index (Phi) is 3.27. The Morgan fingerprint density at radius 3 is 2.82 bits per heavy atom. The lowest BCUT2D eigenvalue weighted by atomic mass is 9.98. The van der Waals surface area contributed by atoms with Gasteiger partial charge in [-0.3, -0.25) is 0 Å². The normalized spacial score (nSPS) is 20.3. The van der Waals surface area contributed by atoms with Gasteiger partial charge < -0.3 is 4.57 Å². The minimum atomic E-state index is -3.70. The van der Waals surface area contributed by atoms with Crippen molar-refractivity contribution in [1.82, 2.24) is 9.55 Å². The van der Waals surface area contributed by atoms with E-state index in [4.69, 9.17) is 5.14 Å². The molecule has 0 radical (unpaired) electrons. The molecule has 6 heteroatoms. The van der Waals surface area contributed by atoms with Gasteiger partial charge in [-0.2, -0.15) is 0 Å². The van der Waals surface area contributed by atoms with Gasteiger partial charge in [0.05, 0.1) is 5.69 Å². The van der Waals surface area contributed by atoms with Crippen LogP contribution in [0.5, 0.6) is 0 Å². The molecular formula is C11H19N3O2S. The molecule has 0 saturated heterocycles. The summed E-state index contributed by atoms with van der Waals surface area (Å²) in [4.78, 5) is 4.24. The Labute approximate surface area is 102 Å². The number of nitrogens with zero attached hydrogens (tertiary/aromatic N) is 2. The molecule has 0 spiro atoms. The highest BCUT2D eigenvalue weighted by Crippen LogP contribution is 2.27. The predicted octanol–water partition coefficient (Wildman–Crippen LogP) is 1.07. The smallest absolute Gasteiger partial charge is 0.257 e. The van der Waals surface area contributed by atoms with Crippen LogP contribution in [0.1, 0.15) is 38.2 Å². The largest absolute Gasteiger partial charge is 0.331 e. The first kappa shape index (κ1) is 12.6. The Morgan fingerprint density at radius 1 is 1.53 bits per heavy atom. The standard InChI is InChI=1S/C11H19N3O2S/c1-3-4-10-13-11(17(12,15)16)9-7-8(2)5-6-14(9)10/h8H,3-7H2,1-2H3,(H2,12,15,16). The van der Waals surface area contributed by atoms with Crippen LogP contribution in [-0.2, 0) is 29.4 Å². The summed E-state index contributed by atoms with van der Waals surface area (Å²) < 4.78 is 25.1. The third-order valence-electron chi connectivity index (χ3n) is 3.25.